The van der Waals surface area contributed by atoms with Gasteiger partial charge in [-0.25, -0.2) is 0 Å². The van der Waals surface area contributed by atoms with Gasteiger partial charge < -0.3 is 11.1 Å². The molecule has 3 nitrogen and oxygen atoms in total. The van der Waals surface area contributed by atoms with Crippen molar-refractivity contribution in [3.05, 3.63) is 35.9 Å². The minimum Gasteiger partial charge on any atom is -0.353 e. The van der Waals surface area contributed by atoms with Crippen LogP contribution in [-0.2, 0) is 11.2 Å². The Kier molecular flexibility index (Phi) is 5.28. The summed E-state index contributed by atoms with van der Waals surface area (Å²) >= 11 is 0. The van der Waals surface area contributed by atoms with E-state index in [1.807, 2.05) is 18.2 Å². The smallest absolute Gasteiger partial charge is 0.226 e. The van der Waals surface area contributed by atoms with Crippen molar-refractivity contribution in [2.75, 3.05) is 6.54 Å². The zero-order valence-electron chi connectivity index (χ0n) is 12.4. The summed E-state index contributed by atoms with van der Waals surface area (Å²) in [5, 5.41) is 3.28. The number of carbonyl (C=O) groups is 1. The van der Waals surface area contributed by atoms with Crippen LogP contribution in [0.5, 0.6) is 0 Å². The minimum absolute atomic E-state index is 0. The van der Waals surface area contributed by atoms with E-state index < -0.39 is 0 Å². The minimum atomic E-state index is -0.136. The van der Waals surface area contributed by atoms with Crippen LogP contribution in [0.15, 0.2) is 30.3 Å². The second kappa shape index (κ2) is 6.80. The fourth-order valence-corrected chi connectivity index (χ4v) is 3.45. The van der Waals surface area contributed by atoms with Gasteiger partial charge in [0.05, 0.1) is 5.41 Å². The average Bonchev–Trinajstić information content (AvgIpc) is 3.11. The molecule has 2 fully saturated rings. The monoisotopic (exact) mass is 308 g/mol. The van der Waals surface area contributed by atoms with Crippen LogP contribution in [0.2, 0.25) is 0 Å². The first-order valence-electron chi connectivity index (χ1n) is 7.78. The largest absolute Gasteiger partial charge is 0.353 e. The SMILES string of the molecule is Cl.NCC1CCCC1NC(=O)C1(Cc2ccccc2)CC1. The highest BCUT2D eigenvalue weighted by atomic mass is 35.5. The van der Waals surface area contributed by atoms with Gasteiger partial charge in [-0.15, -0.1) is 12.4 Å². The molecule has 2 aliphatic carbocycles. The third-order valence-corrected chi connectivity index (χ3v) is 5.00. The third kappa shape index (κ3) is 3.58. The lowest BCUT2D eigenvalue weighted by molar-refractivity contribution is -0.127. The molecule has 0 aliphatic heterocycles. The Bertz CT molecular complexity index is 473. The summed E-state index contributed by atoms with van der Waals surface area (Å²) in [5.74, 6) is 0.734. The van der Waals surface area contributed by atoms with E-state index in [4.69, 9.17) is 5.73 Å². The Morgan fingerprint density at radius 1 is 1.24 bits per heavy atom. The van der Waals surface area contributed by atoms with E-state index in [0.717, 1.165) is 32.1 Å². The molecule has 1 aromatic rings. The van der Waals surface area contributed by atoms with Gasteiger partial charge in [0.2, 0.25) is 5.91 Å². The molecule has 1 amide bonds. The molecule has 116 valence electrons. The molecule has 3 rings (SSSR count). The molecular formula is C17H25ClN2O. The van der Waals surface area contributed by atoms with E-state index in [-0.39, 0.29) is 23.7 Å². The maximum absolute atomic E-state index is 12.6. The van der Waals surface area contributed by atoms with Gasteiger partial charge in [-0.3, -0.25) is 4.79 Å². The van der Waals surface area contributed by atoms with Crippen molar-refractivity contribution < 1.29 is 4.79 Å². The number of benzene rings is 1. The van der Waals surface area contributed by atoms with Crippen molar-refractivity contribution in [1.29, 1.82) is 0 Å². The predicted molar refractivity (Wildman–Crippen MR) is 87.4 cm³/mol. The van der Waals surface area contributed by atoms with Gasteiger partial charge in [-0.1, -0.05) is 36.8 Å². The standard InChI is InChI=1S/C17H24N2O.ClH/c18-12-14-7-4-8-15(14)19-16(20)17(9-10-17)11-13-5-2-1-3-6-13;/h1-3,5-6,14-15H,4,7-12,18H2,(H,19,20);1H. The second-order valence-corrected chi connectivity index (χ2v) is 6.45. The number of hydrogen-bond donors (Lipinski definition) is 2. The summed E-state index contributed by atoms with van der Waals surface area (Å²) in [6, 6.07) is 10.7. The maximum Gasteiger partial charge on any atom is 0.226 e. The van der Waals surface area contributed by atoms with Gasteiger partial charge in [0, 0.05) is 6.04 Å². The van der Waals surface area contributed by atoms with Crippen molar-refractivity contribution >= 4 is 18.3 Å². The van der Waals surface area contributed by atoms with E-state index in [1.165, 1.54) is 12.0 Å². The zero-order valence-corrected chi connectivity index (χ0v) is 13.2. The number of amides is 1. The number of carbonyl (C=O) groups excluding carboxylic acids is 1. The van der Waals surface area contributed by atoms with Gasteiger partial charge in [0.15, 0.2) is 0 Å². The molecule has 4 heteroatoms. The van der Waals surface area contributed by atoms with Crippen molar-refractivity contribution in [1.82, 2.24) is 5.32 Å². The molecule has 2 aliphatic rings. The Morgan fingerprint density at radius 2 is 1.95 bits per heavy atom. The van der Waals surface area contributed by atoms with Crippen LogP contribution >= 0.6 is 12.4 Å². The molecule has 1 aromatic carbocycles. The topological polar surface area (TPSA) is 55.1 Å². The summed E-state index contributed by atoms with van der Waals surface area (Å²) in [5.41, 5.74) is 6.93. The number of nitrogens with one attached hydrogen (secondary N) is 1. The number of rotatable bonds is 5. The normalized spacial score (nSPS) is 26.0. The molecule has 0 spiro atoms. The Balaban J connectivity index is 0.00000161. The Morgan fingerprint density at radius 3 is 2.57 bits per heavy atom. The molecule has 21 heavy (non-hydrogen) atoms. The van der Waals surface area contributed by atoms with Crippen LogP contribution in [0.3, 0.4) is 0 Å². The van der Waals surface area contributed by atoms with Gasteiger partial charge >= 0.3 is 0 Å². The van der Waals surface area contributed by atoms with Gasteiger partial charge in [-0.2, -0.15) is 0 Å². The summed E-state index contributed by atoms with van der Waals surface area (Å²) in [4.78, 5) is 12.6. The van der Waals surface area contributed by atoms with E-state index in [9.17, 15) is 4.79 Å². The molecule has 0 saturated heterocycles. The van der Waals surface area contributed by atoms with Crippen LogP contribution in [0.4, 0.5) is 0 Å². The van der Waals surface area contributed by atoms with E-state index in [1.54, 1.807) is 0 Å². The summed E-state index contributed by atoms with van der Waals surface area (Å²) in [6.45, 7) is 0.691. The first-order chi connectivity index (χ1) is 9.73. The molecular weight excluding hydrogens is 284 g/mol. The van der Waals surface area contributed by atoms with E-state index in [2.05, 4.69) is 17.4 Å². The Labute approximate surface area is 133 Å². The molecule has 2 atom stereocenters. The van der Waals surface area contributed by atoms with Crippen molar-refractivity contribution in [2.45, 2.75) is 44.6 Å². The van der Waals surface area contributed by atoms with Gasteiger partial charge in [0.25, 0.3) is 0 Å². The third-order valence-electron chi connectivity index (χ3n) is 5.00. The molecule has 3 N–H and O–H groups in total. The lowest BCUT2D eigenvalue weighted by Crippen LogP contribution is -2.44. The lowest BCUT2D eigenvalue weighted by Gasteiger charge is -2.23. The zero-order chi connectivity index (χ0) is 14.0. The maximum atomic E-state index is 12.6. The fraction of sp³-hybridized carbons (Fsp3) is 0.588. The first kappa shape index (κ1) is 16.3. The van der Waals surface area contributed by atoms with Crippen molar-refractivity contribution in [3.63, 3.8) is 0 Å². The summed E-state index contributed by atoms with van der Waals surface area (Å²) in [6.07, 6.45) is 6.36. The molecule has 0 bridgehead atoms. The molecule has 0 radical (unpaired) electrons. The summed E-state index contributed by atoms with van der Waals surface area (Å²) in [7, 11) is 0. The molecule has 0 aromatic heterocycles. The van der Waals surface area contributed by atoms with Crippen LogP contribution in [0.1, 0.15) is 37.7 Å². The molecule has 0 heterocycles. The molecule has 2 unspecified atom stereocenters. The fourth-order valence-electron chi connectivity index (χ4n) is 3.45. The highest BCUT2D eigenvalue weighted by Crippen LogP contribution is 2.49. The average molecular weight is 309 g/mol. The van der Waals surface area contributed by atoms with Crippen LogP contribution in [0, 0.1) is 11.3 Å². The number of nitrogens with two attached hydrogens (primary N) is 1. The van der Waals surface area contributed by atoms with Gasteiger partial charge in [0.1, 0.15) is 0 Å². The highest BCUT2D eigenvalue weighted by Gasteiger charge is 2.50. The van der Waals surface area contributed by atoms with E-state index >= 15 is 0 Å². The number of halogens is 1. The van der Waals surface area contributed by atoms with E-state index in [0.29, 0.717) is 18.5 Å². The van der Waals surface area contributed by atoms with Crippen molar-refractivity contribution in [2.24, 2.45) is 17.1 Å². The quantitative estimate of drug-likeness (QED) is 0.878. The summed E-state index contributed by atoms with van der Waals surface area (Å²) < 4.78 is 0. The van der Waals surface area contributed by atoms with Crippen LogP contribution < -0.4 is 11.1 Å². The first-order valence-corrected chi connectivity index (χ1v) is 7.78. The van der Waals surface area contributed by atoms with Crippen LogP contribution in [-0.4, -0.2) is 18.5 Å². The second-order valence-electron chi connectivity index (χ2n) is 6.45. The van der Waals surface area contributed by atoms with Crippen LogP contribution in [0.25, 0.3) is 0 Å². The van der Waals surface area contributed by atoms with Gasteiger partial charge in [-0.05, 0) is 50.1 Å². The predicted octanol–water partition coefficient (Wildman–Crippen LogP) is 2.67. The molecule has 2 saturated carbocycles. The highest BCUT2D eigenvalue weighted by molar-refractivity contribution is 5.86. The Hall–Kier alpha value is -1.06. The van der Waals surface area contributed by atoms with Crippen molar-refractivity contribution in [3.8, 4) is 0 Å². The lowest BCUT2D eigenvalue weighted by atomic mass is 9.94. The number of hydrogen-bond acceptors (Lipinski definition) is 2.